The summed E-state index contributed by atoms with van der Waals surface area (Å²) in [4.78, 5) is 18.9. The molecule has 0 unspecified atom stereocenters. The minimum atomic E-state index is 0.171. The molecule has 0 radical (unpaired) electrons. The topological polar surface area (TPSA) is 99.2 Å². The quantitative estimate of drug-likeness (QED) is 0.228. The molecule has 0 saturated carbocycles. The Morgan fingerprint density at radius 2 is 1.90 bits per heavy atom. The lowest BCUT2D eigenvalue weighted by molar-refractivity contribution is -0.128. The molecule has 0 atom stereocenters. The Balaban J connectivity index is 1.29. The maximum atomic E-state index is 12.3. The summed E-state index contributed by atoms with van der Waals surface area (Å²) in [6, 6.07) is 13.8. The summed E-state index contributed by atoms with van der Waals surface area (Å²) in [6.45, 7) is 5.48. The fourth-order valence-corrected chi connectivity index (χ4v) is 5.32. The van der Waals surface area contributed by atoms with Crippen LogP contribution in [-0.4, -0.2) is 42.3 Å². The van der Waals surface area contributed by atoms with Crippen LogP contribution >= 0.6 is 11.3 Å². The Labute approximate surface area is 230 Å². The first-order valence-corrected chi connectivity index (χ1v) is 13.7. The van der Waals surface area contributed by atoms with Gasteiger partial charge < -0.3 is 14.1 Å². The fourth-order valence-electron chi connectivity index (χ4n) is 4.46. The number of aromatic nitrogens is 5. The van der Waals surface area contributed by atoms with Crippen LogP contribution in [0.15, 0.2) is 65.5 Å². The number of hydrogen-bond donors (Lipinski definition) is 0. The first-order chi connectivity index (χ1) is 18.9. The molecule has 5 aromatic rings. The molecule has 39 heavy (non-hydrogen) atoms. The van der Waals surface area contributed by atoms with Gasteiger partial charge in [0.05, 0.1) is 11.8 Å². The third-order valence-corrected chi connectivity index (χ3v) is 7.89. The van der Waals surface area contributed by atoms with E-state index in [1.54, 1.807) is 28.5 Å². The van der Waals surface area contributed by atoms with Crippen LogP contribution in [0.25, 0.3) is 33.3 Å². The van der Waals surface area contributed by atoms with E-state index < -0.39 is 0 Å². The number of hydrogen-bond acceptors (Lipinski definition) is 8. The smallest absolute Gasteiger partial charge is 0.229 e. The fraction of sp³-hybridized carbons (Fsp3) is 0.276. The van der Waals surface area contributed by atoms with Gasteiger partial charge in [-0.15, -0.1) is 10.2 Å². The summed E-state index contributed by atoms with van der Waals surface area (Å²) >= 11 is 1.60. The zero-order valence-electron chi connectivity index (χ0n) is 22.0. The van der Waals surface area contributed by atoms with Gasteiger partial charge in [0.15, 0.2) is 0 Å². The van der Waals surface area contributed by atoms with E-state index in [9.17, 15) is 4.79 Å². The third-order valence-electron chi connectivity index (χ3n) is 6.62. The van der Waals surface area contributed by atoms with E-state index in [-0.39, 0.29) is 5.91 Å². The SMILES string of the molecule is CC(C)c1nnc(-c2ccc(Oc3cc(-c4coc(-c5cnn(C)c5)n4)ccc3CN3CCCC3=O)cc2)s1. The minimum absolute atomic E-state index is 0.171. The lowest BCUT2D eigenvalue weighted by atomic mass is 10.1. The predicted molar refractivity (Wildman–Crippen MR) is 148 cm³/mol. The van der Waals surface area contributed by atoms with E-state index in [4.69, 9.17) is 9.15 Å². The standard InChI is InChI=1S/C29H28N6O3S/c1-18(2)28-32-33-29(39-28)19-8-10-23(11-9-19)38-25-13-20(6-7-21(25)16-35-12-4-5-26(35)36)24-17-37-27(31-24)22-14-30-34(3)15-22/h6-11,13-15,17-18H,4-5,12,16H2,1-3H3. The summed E-state index contributed by atoms with van der Waals surface area (Å²) in [6.07, 6.45) is 6.68. The van der Waals surface area contributed by atoms with Gasteiger partial charge in [-0.25, -0.2) is 4.98 Å². The summed E-state index contributed by atoms with van der Waals surface area (Å²) in [7, 11) is 1.85. The monoisotopic (exact) mass is 540 g/mol. The van der Waals surface area contributed by atoms with E-state index in [2.05, 4.69) is 34.1 Å². The van der Waals surface area contributed by atoms with Crippen molar-refractivity contribution < 1.29 is 13.9 Å². The summed E-state index contributed by atoms with van der Waals surface area (Å²) in [5.74, 6) is 2.38. The summed E-state index contributed by atoms with van der Waals surface area (Å²) in [5.41, 5.74) is 4.27. The average Bonchev–Trinajstić information content (AvgIpc) is 3.74. The largest absolute Gasteiger partial charge is 0.457 e. The van der Waals surface area contributed by atoms with Gasteiger partial charge in [-0.1, -0.05) is 37.3 Å². The van der Waals surface area contributed by atoms with Gasteiger partial charge in [0.2, 0.25) is 11.8 Å². The van der Waals surface area contributed by atoms with E-state index >= 15 is 0 Å². The molecule has 6 rings (SSSR count). The lowest BCUT2D eigenvalue weighted by Crippen LogP contribution is -2.24. The Kier molecular flexibility index (Phi) is 6.70. The molecule has 4 heterocycles. The van der Waals surface area contributed by atoms with Crippen molar-refractivity contribution in [1.82, 2.24) is 29.9 Å². The molecule has 1 amide bonds. The van der Waals surface area contributed by atoms with Crippen LogP contribution in [0, 0.1) is 0 Å². The molecule has 0 N–H and O–H groups in total. The second-order valence-corrected chi connectivity index (χ2v) is 10.9. The number of carbonyl (C=O) groups excluding carboxylic acids is 1. The van der Waals surface area contributed by atoms with Gasteiger partial charge in [0, 0.05) is 55.4 Å². The maximum Gasteiger partial charge on any atom is 0.229 e. The van der Waals surface area contributed by atoms with Gasteiger partial charge in [-0.3, -0.25) is 9.48 Å². The van der Waals surface area contributed by atoms with Crippen LogP contribution in [0.5, 0.6) is 11.5 Å². The van der Waals surface area contributed by atoms with Crippen molar-refractivity contribution >= 4 is 17.2 Å². The molecule has 2 aromatic carbocycles. The van der Waals surface area contributed by atoms with Crippen LogP contribution in [0.4, 0.5) is 0 Å². The van der Waals surface area contributed by atoms with Crippen LogP contribution in [0.2, 0.25) is 0 Å². The molecule has 0 aliphatic carbocycles. The Morgan fingerprint density at radius 3 is 2.59 bits per heavy atom. The minimum Gasteiger partial charge on any atom is -0.457 e. The number of carbonyl (C=O) groups is 1. The molecule has 1 fully saturated rings. The van der Waals surface area contributed by atoms with Gasteiger partial charge >= 0.3 is 0 Å². The first-order valence-electron chi connectivity index (χ1n) is 12.9. The van der Waals surface area contributed by atoms with Gasteiger partial charge in [-0.2, -0.15) is 5.10 Å². The molecular weight excluding hydrogens is 512 g/mol. The molecule has 0 bridgehead atoms. The summed E-state index contributed by atoms with van der Waals surface area (Å²) in [5, 5.41) is 14.7. The zero-order valence-corrected chi connectivity index (χ0v) is 22.8. The van der Waals surface area contributed by atoms with E-state index in [1.807, 2.05) is 60.6 Å². The molecule has 0 spiro atoms. The second kappa shape index (κ2) is 10.5. The van der Waals surface area contributed by atoms with E-state index in [0.717, 1.165) is 45.2 Å². The van der Waals surface area contributed by atoms with Crippen molar-refractivity contribution in [1.29, 1.82) is 0 Å². The second-order valence-electron chi connectivity index (χ2n) is 9.91. The maximum absolute atomic E-state index is 12.3. The van der Waals surface area contributed by atoms with Crippen molar-refractivity contribution in [2.24, 2.45) is 7.05 Å². The molecule has 3 aromatic heterocycles. The third kappa shape index (κ3) is 5.33. The number of rotatable bonds is 8. The van der Waals surface area contributed by atoms with Crippen LogP contribution in [0.3, 0.4) is 0 Å². The number of amides is 1. The predicted octanol–water partition coefficient (Wildman–Crippen LogP) is 6.30. The van der Waals surface area contributed by atoms with Crippen molar-refractivity contribution in [2.45, 2.75) is 39.2 Å². The molecule has 1 aliphatic rings. The van der Waals surface area contributed by atoms with Gasteiger partial charge in [-0.05, 0) is 36.8 Å². The zero-order chi connectivity index (χ0) is 26.9. The number of benzene rings is 2. The highest BCUT2D eigenvalue weighted by atomic mass is 32.1. The van der Waals surface area contributed by atoms with Gasteiger partial charge in [0.25, 0.3) is 0 Å². The van der Waals surface area contributed by atoms with Gasteiger partial charge in [0.1, 0.15) is 33.5 Å². The molecule has 9 nitrogen and oxygen atoms in total. The number of likely N-dealkylation sites (tertiary alicyclic amines) is 1. The Hall–Kier alpha value is -4.31. The van der Waals surface area contributed by atoms with Crippen molar-refractivity contribution in [3.8, 4) is 44.8 Å². The first kappa shape index (κ1) is 25.0. The number of oxazole rings is 1. The highest BCUT2D eigenvalue weighted by Crippen LogP contribution is 2.35. The van der Waals surface area contributed by atoms with Crippen molar-refractivity contribution in [2.75, 3.05) is 6.54 Å². The molecule has 10 heteroatoms. The molecule has 1 aliphatic heterocycles. The Bertz CT molecular complexity index is 1620. The number of nitrogens with zero attached hydrogens (tertiary/aromatic N) is 6. The Morgan fingerprint density at radius 1 is 1.08 bits per heavy atom. The lowest BCUT2D eigenvalue weighted by Gasteiger charge is -2.19. The van der Waals surface area contributed by atoms with E-state index in [1.165, 1.54) is 0 Å². The van der Waals surface area contributed by atoms with Crippen LogP contribution < -0.4 is 4.74 Å². The molecule has 1 saturated heterocycles. The number of aryl methyl sites for hydroxylation is 1. The summed E-state index contributed by atoms with van der Waals surface area (Å²) < 4.78 is 13.8. The van der Waals surface area contributed by atoms with Crippen LogP contribution in [0.1, 0.15) is 43.2 Å². The highest BCUT2D eigenvalue weighted by Gasteiger charge is 2.22. The average molecular weight is 541 g/mol. The van der Waals surface area contributed by atoms with Crippen molar-refractivity contribution in [3.63, 3.8) is 0 Å². The molecule has 198 valence electrons. The van der Waals surface area contributed by atoms with Crippen molar-refractivity contribution in [3.05, 3.63) is 71.7 Å². The normalized spacial score (nSPS) is 13.5. The van der Waals surface area contributed by atoms with E-state index in [0.29, 0.717) is 42.0 Å². The number of ether oxygens (including phenoxy) is 1. The van der Waals surface area contributed by atoms with Crippen LogP contribution in [-0.2, 0) is 18.4 Å². The highest BCUT2D eigenvalue weighted by molar-refractivity contribution is 7.14. The molecular formula is C29H28N6O3S.